The Morgan fingerprint density at radius 2 is 2.00 bits per heavy atom. The van der Waals surface area contributed by atoms with Crippen LogP contribution in [0.25, 0.3) is 38.8 Å². The van der Waals surface area contributed by atoms with E-state index in [1.807, 2.05) is 47.3 Å². The molecule has 0 aliphatic carbocycles. The van der Waals surface area contributed by atoms with E-state index in [0.717, 1.165) is 38.7 Å². The number of pyridine rings is 1. The molecule has 9 nitrogen and oxygen atoms in total. The lowest BCUT2D eigenvalue weighted by atomic mass is 10.0. The average Bonchev–Trinajstić information content (AvgIpc) is 3.78. The molecule has 0 N–H and O–H groups in total. The van der Waals surface area contributed by atoms with Crippen molar-refractivity contribution in [1.82, 2.24) is 19.7 Å². The quantitative estimate of drug-likeness (QED) is 0.0846. The van der Waals surface area contributed by atoms with Crippen molar-refractivity contribution in [3.05, 3.63) is 96.3 Å². The largest absolute Gasteiger partial charge is 0.499 e. The maximum absolute atomic E-state index is 14.7. The zero-order valence-corrected chi connectivity index (χ0v) is 27.2. The van der Waals surface area contributed by atoms with Crippen LogP contribution in [0.15, 0.2) is 79.4 Å². The molecule has 2 aliphatic heterocycles. The van der Waals surface area contributed by atoms with E-state index in [1.165, 1.54) is 29.8 Å². The summed E-state index contributed by atoms with van der Waals surface area (Å²) >= 11 is 1.43. The molecule has 1 atom stereocenters. The smallest absolute Gasteiger partial charge is 0.246 e. The lowest BCUT2D eigenvalue weighted by Crippen LogP contribution is -2.44. The molecule has 5 heterocycles. The van der Waals surface area contributed by atoms with Gasteiger partial charge < -0.3 is 19.3 Å². The SMILES string of the molecule is C=CC(=O)N1Cc2cc(-c3nc(-c4ccc5c(c4)N(C)C(=O)C5)c4ccsc4c3C=C(F)/C=C/F)nn2CC1C.C=COCCOC. The summed E-state index contributed by atoms with van der Waals surface area (Å²) in [5, 5.41) is 7.52. The number of hydrogen-bond donors (Lipinski definition) is 0. The minimum atomic E-state index is -0.758. The molecule has 0 radical (unpaired) electrons. The third-order valence-electron chi connectivity index (χ3n) is 7.97. The maximum atomic E-state index is 14.7. The van der Waals surface area contributed by atoms with Gasteiger partial charge in [0.2, 0.25) is 11.8 Å². The summed E-state index contributed by atoms with van der Waals surface area (Å²) in [5.74, 6) is -0.892. The molecule has 1 aromatic carbocycles. The van der Waals surface area contributed by atoms with Crippen molar-refractivity contribution in [2.24, 2.45) is 0 Å². The fourth-order valence-electron chi connectivity index (χ4n) is 5.59. The molecule has 3 aromatic heterocycles. The maximum Gasteiger partial charge on any atom is 0.246 e. The van der Waals surface area contributed by atoms with Gasteiger partial charge in [-0.15, -0.1) is 11.3 Å². The number of rotatable bonds is 9. The first-order valence-electron chi connectivity index (χ1n) is 14.9. The van der Waals surface area contributed by atoms with Gasteiger partial charge in [-0.2, -0.15) is 5.10 Å². The number of ether oxygens (including phenoxy) is 2. The standard InChI is InChI=1S/C30H25F2N5O2S.C5H10O2/c1-4-26(38)36-16-21-14-24(34-37(21)15-17(36)2)29-23(13-20(32)7-9-31)30-22(8-10-40-30)28(33-29)19-6-5-18-12-27(39)35(3)25(18)11-19;1-3-7-5-4-6-2/h4-11,13-14,17H,1,12,15-16H2,2-3H3;3H,1,4-5H2,2H3/b9-7+,20-13?;. The summed E-state index contributed by atoms with van der Waals surface area (Å²) in [7, 11) is 3.38. The number of halogens is 2. The third-order valence-corrected chi connectivity index (χ3v) is 8.92. The van der Waals surface area contributed by atoms with Crippen LogP contribution in [0.4, 0.5) is 14.5 Å². The second-order valence-corrected chi connectivity index (χ2v) is 11.8. The summed E-state index contributed by atoms with van der Waals surface area (Å²) in [6.45, 7) is 11.0. The van der Waals surface area contributed by atoms with Gasteiger partial charge in [0, 0.05) is 53.2 Å². The number of likely N-dealkylation sites (N-methyl/N-ethyl adjacent to an activating group) is 1. The lowest BCUT2D eigenvalue weighted by Gasteiger charge is -2.33. The van der Waals surface area contributed by atoms with Gasteiger partial charge in [-0.1, -0.05) is 25.3 Å². The molecule has 0 saturated carbocycles. The number of carbonyl (C=O) groups is 2. The number of thiophene rings is 1. The zero-order valence-electron chi connectivity index (χ0n) is 26.4. The van der Waals surface area contributed by atoms with E-state index in [2.05, 4.69) is 17.9 Å². The van der Waals surface area contributed by atoms with Crippen molar-refractivity contribution >= 4 is 45.0 Å². The number of carbonyl (C=O) groups excluding carboxylic acids is 2. The summed E-state index contributed by atoms with van der Waals surface area (Å²) in [6.07, 6.45) is 5.23. The molecule has 4 aromatic rings. The van der Waals surface area contributed by atoms with Crippen LogP contribution in [0.3, 0.4) is 0 Å². The molecular weight excluding hydrogens is 624 g/mol. The summed E-state index contributed by atoms with van der Waals surface area (Å²) in [4.78, 5) is 33.1. The van der Waals surface area contributed by atoms with Crippen molar-refractivity contribution in [2.45, 2.75) is 32.5 Å². The van der Waals surface area contributed by atoms with Crippen LogP contribution in [0.5, 0.6) is 0 Å². The molecule has 0 saturated heterocycles. The van der Waals surface area contributed by atoms with Crippen molar-refractivity contribution in [2.75, 3.05) is 32.3 Å². The zero-order chi connectivity index (χ0) is 33.7. The Balaban J connectivity index is 0.000000559. The molecular formula is C35H35F2N5O4S. The van der Waals surface area contributed by atoms with Gasteiger partial charge in [-0.05, 0) is 48.2 Å². The first kappa shape index (κ1) is 33.4. The normalized spacial score (nSPS) is 15.8. The van der Waals surface area contributed by atoms with E-state index in [-0.39, 0.29) is 24.2 Å². The van der Waals surface area contributed by atoms with E-state index < -0.39 is 5.83 Å². The van der Waals surface area contributed by atoms with Gasteiger partial charge in [0.15, 0.2) is 0 Å². The third kappa shape index (κ3) is 6.93. The Bertz CT molecular complexity index is 1900. The molecule has 6 rings (SSSR count). The van der Waals surface area contributed by atoms with Gasteiger partial charge in [-0.25, -0.2) is 13.8 Å². The van der Waals surface area contributed by atoms with Gasteiger partial charge in [0.1, 0.15) is 23.8 Å². The average molecular weight is 660 g/mol. The number of benzene rings is 1. The lowest BCUT2D eigenvalue weighted by molar-refractivity contribution is -0.129. The molecule has 12 heteroatoms. The Labute approximate surface area is 275 Å². The van der Waals surface area contributed by atoms with Crippen molar-refractivity contribution in [1.29, 1.82) is 0 Å². The van der Waals surface area contributed by atoms with Crippen LogP contribution in [-0.2, 0) is 38.6 Å². The molecule has 2 amide bonds. The number of nitrogens with zero attached hydrogens (tertiary/aromatic N) is 5. The number of allylic oxidation sites excluding steroid dienone is 2. The Hall–Kier alpha value is -4.94. The van der Waals surface area contributed by atoms with E-state index in [1.54, 1.807) is 24.0 Å². The summed E-state index contributed by atoms with van der Waals surface area (Å²) in [6, 6.07) is 9.52. The fourth-order valence-corrected chi connectivity index (χ4v) is 6.51. The van der Waals surface area contributed by atoms with Crippen LogP contribution < -0.4 is 4.90 Å². The van der Waals surface area contributed by atoms with E-state index in [4.69, 9.17) is 14.8 Å². The van der Waals surface area contributed by atoms with E-state index in [0.29, 0.717) is 55.4 Å². The molecule has 2 aliphatic rings. The molecule has 1 unspecified atom stereocenters. The van der Waals surface area contributed by atoms with Crippen LogP contribution >= 0.6 is 11.3 Å². The van der Waals surface area contributed by atoms with Crippen molar-refractivity contribution in [3.63, 3.8) is 0 Å². The minimum Gasteiger partial charge on any atom is -0.499 e. The summed E-state index contributed by atoms with van der Waals surface area (Å²) < 4.78 is 39.6. The first-order valence-corrected chi connectivity index (χ1v) is 15.7. The topological polar surface area (TPSA) is 89.8 Å². The van der Waals surface area contributed by atoms with Crippen LogP contribution in [0.2, 0.25) is 0 Å². The predicted octanol–water partition coefficient (Wildman–Crippen LogP) is 6.85. The Kier molecular flexibility index (Phi) is 10.4. The van der Waals surface area contributed by atoms with Gasteiger partial charge in [0.05, 0.1) is 50.1 Å². The fraction of sp³-hybridized carbons (Fsp3) is 0.257. The number of fused-ring (bicyclic) bond motifs is 3. The first-order chi connectivity index (χ1) is 22.7. The van der Waals surface area contributed by atoms with Gasteiger partial charge in [-0.3, -0.25) is 14.3 Å². The number of hydrogen-bond acceptors (Lipinski definition) is 7. The Morgan fingerprint density at radius 1 is 1.19 bits per heavy atom. The van der Waals surface area contributed by atoms with Crippen LogP contribution in [-0.4, -0.2) is 64.9 Å². The van der Waals surface area contributed by atoms with Gasteiger partial charge >= 0.3 is 0 Å². The highest BCUT2D eigenvalue weighted by Crippen LogP contribution is 2.41. The molecule has 0 fully saturated rings. The minimum absolute atomic E-state index is 0.0279. The van der Waals surface area contributed by atoms with Gasteiger partial charge in [0.25, 0.3) is 0 Å². The van der Waals surface area contributed by atoms with Crippen LogP contribution in [0, 0.1) is 0 Å². The highest BCUT2D eigenvalue weighted by Gasteiger charge is 2.29. The highest BCUT2D eigenvalue weighted by molar-refractivity contribution is 7.17. The number of methoxy groups -OCH3 is 1. The second-order valence-electron chi connectivity index (χ2n) is 10.9. The number of anilines is 1. The highest BCUT2D eigenvalue weighted by atomic mass is 32.1. The molecule has 244 valence electrons. The molecule has 0 bridgehead atoms. The van der Waals surface area contributed by atoms with Crippen molar-refractivity contribution in [3.8, 4) is 22.6 Å². The van der Waals surface area contributed by atoms with E-state index in [9.17, 15) is 18.4 Å². The van der Waals surface area contributed by atoms with E-state index >= 15 is 0 Å². The molecule has 47 heavy (non-hydrogen) atoms. The summed E-state index contributed by atoms with van der Waals surface area (Å²) in [5.41, 5.74) is 5.52. The monoisotopic (exact) mass is 659 g/mol. The molecule has 0 spiro atoms. The number of aromatic nitrogens is 3. The predicted molar refractivity (Wildman–Crippen MR) is 181 cm³/mol. The van der Waals surface area contributed by atoms with Crippen molar-refractivity contribution < 1.29 is 27.8 Å². The van der Waals surface area contributed by atoms with Crippen LogP contribution in [0.1, 0.15) is 23.7 Å². The number of amides is 2. The second kappa shape index (κ2) is 14.7. The Morgan fingerprint density at radius 3 is 2.72 bits per heavy atom.